The van der Waals surface area contributed by atoms with Crippen LogP contribution < -0.4 is 14.8 Å². The standard InChI is InChI=1S/C15H15F2NO3/c1-20-14-8-10(6-7-12(14)19)9-18-11-4-2-3-5-13(11)21-15(16)17/h2-8,15,18-19H,9H2,1H3. The number of rotatable bonds is 6. The number of hydrogen-bond donors (Lipinski definition) is 2. The van der Waals surface area contributed by atoms with Crippen molar-refractivity contribution in [1.29, 1.82) is 0 Å². The molecule has 4 nitrogen and oxygen atoms in total. The molecule has 0 aromatic heterocycles. The topological polar surface area (TPSA) is 50.7 Å². The maximum absolute atomic E-state index is 12.3. The number of ether oxygens (including phenoxy) is 2. The smallest absolute Gasteiger partial charge is 0.387 e. The quantitative estimate of drug-likeness (QED) is 0.854. The zero-order valence-corrected chi connectivity index (χ0v) is 11.3. The number of methoxy groups -OCH3 is 1. The van der Waals surface area contributed by atoms with Gasteiger partial charge in [0.25, 0.3) is 0 Å². The van der Waals surface area contributed by atoms with Crippen LogP contribution >= 0.6 is 0 Å². The van der Waals surface area contributed by atoms with E-state index < -0.39 is 6.61 Å². The second-order valence-electron chi connectivity index (χ2n) is 4.23. The average molecular weight is 295 g/mol. The van der Waals surface area contributed by atoms with Crippen LogP contribution in [0.2, 0.25) is 0 Å². The predicted octanol–water partition coefficient (Wildman–Crippen LogP) is 3.61. The van der Waals surface area contributed by atoms with Crippen molar-refractivity contribution < 1.29 is 23.4 Å². The van der Waals surface area contributed by atoms with E-state index in [1.165, 1.54) is 19.2 Å². The van der Waals surface area contributed by atoms with Gasteiger partial charge in [0, 0.05) is 6.54 Å². The summed E-state index contributed by atoms with van der Waals surface area (Å²) in [7, 11) is 1.46. The van der Waals surface area contributed by atoms with Crippen LogP contribution in [0.25, 0.3) is 0 Å². The summed E-state index contributed by atoms with van der Waals surface area (Å²) in [6, 6.07) is 11.3. The lowest BCUT2D eigenvalue weighted by molar-refractivity contribution is -0.0493. The maximum atomic E-state index is 12.3. The highest BCUT2D eigenvalue weighted by Crippen LogP contribution is 2.28. The molecule has 0 unspecified atom stereocenters. The van der Waals surface area contributed by atoms with Crippen LogP contribution in [0.5, 0.6) is 17.2 Å². The summed E-state index contributed by atoms with van der Waals surface area (Å²) in [5.74, 6) is 0.479. The second-order valence-corrected chi connectivity index (χ2v) is 4.23. The second kappa shape index (κ2) is 6.78. The lowest BCUT2D eigenvalue weighted by Gasteiger charge is -2.13. The minimum atomic E-state index is -2.87. The molecule has 0 spiro atoms. The van der Waals surface area contributed by atoms with Gasteiger partial charge >= 0.3 is 6.61 Å². The average Bonchev–Trinajstić information content (AvgIpc) is 2.47. The Morgan fingerprint density at radius 2 is 1.90 bits per heavy atom. The summed E-state index contributed by atoms with van der Waals surface area (Å²) in [6.45, 7) is -2.50. The molecule has 6 heteroatoms. The summed E-state index contributed by atoms with van der Waals surface area (Å²) in [5, 5.41) is 12.5. The van der Waals surface area contributed by atoms with E-state index in [9.17, 15) is 13.9 Å². The Balaban J connectivity index is 2.09. The first kappa shape index (κ1) is 14.9. The highest BCUT2D eigenvalue weighted by Gasteiger charge is 2.09. The van der Waals surface area contributed by atoms with Crippen molar-refractivity contribution in [3.05, 3.63) is 48.0 Å². The fourth-order valence-corrected chi connectivity index (χ4v) is 1.84. The van der Waals surface area contributed by atoms with Crippen molar-refractivity contribution >= 4 is 5.69 Å². The molecule has 0 saturated carbocycles. The van der Waals surface area contributed by atoms with Gasteiger partial charge in [-0.05, 0) is 29.8 Å². The van der Waals surface area contributed by atoms with Crippen molar-refractivity contribution in [2.75, 3.05) is 12.4 Å². The Morgan fingerprint density at radius 1 is 1.14 bits per heavy atom. The number of anilines is 1. The van der Waals surface area contributed by atoms with Crippen molar-refractivity contribution in [2.45, 2.75) is 13.2 Å². The van der Waals surface area contributed by atoms with E-state index in [0.717, 1.165) is 5.56 Å². The molecule has 2 aromatic carbocycles. The van der Waals surface area contributed by atoms with Crippen molar-refractivity contribution in [1.82, 2.24) is 0 Å². The monoisotopic (exact) mass is 295 g/mol. The molecule has 2 N–H and O–H groups in total. The zero-order valence-electron chi connectivity index (χ0n) is 11.3. The van der Waals surface area contributed by atoms with Crippen LogP contribution in [-0.4, -0.2) is 18.8 Å². The Morgan fingerprint density at radius 3 is 2.62 bits per heavy atom. The Bertz CT molecular complexity index is 605. The number of halogens is 2. The van der Waals surface area contributed by atoms with Crippen LogP contribution in [-0.2, 0) is 6.54 Å². The minimum absolute atomic E-state index is 0.0442. The summed E-state index contributed by atoms with van der Waals surface area (Å²) in [6.07, 6.45) is 0. The molecule has 0 heterocycles. The van der Waals surface area contributed by atoms with Gasteiger partial charge in [0.1, 0.15) is 5.75 Å². The van der Waals surface area contributed by atoms with E-state index >= 15 is 0 Å². The Hall–Kier alpha value is -2.50. The molecule has 0 amide bonds. The predicted molar refractivity (Wildman–Crippen MR) is 75.1 cm³/mol. The van der Waals surface area contributed by atoms with Crippen molar-refractivity contribution in [2.24, 2.45) is 0 Å². The van der Waals surface area contributed by atoms with E-state index in [1.54, 1.807) is 30.3 Å². The molecule has 2 rings (SSSR count). The van der Waals surface area contributed by atoms with E-state index in [0.29, 0.717) is 18.0 Å². The van der Waals surface area contributed by atoms with Crippen LogP contribution in [0, 0.1) is 0 Å². The van der Waals surface area contributed by atoms with E-state index in [-0.39, 0.29) is 11.5 Å². The summed E-state index contributed by atoms with van der Waals surface area (Å²) < 4.78 is 34.1. The van der Waals surface area contributed by atoms with Gasteiger partial charge in [-0.2, -0.15) is 8.78 Å². The highest BCUT2D eigenvalue weighted by atomic mass is 19.3. The van der Waals surface area contributed by atoms with Gasteiger partial charge < -0.3 is 19.9 Å². The van der Waals surface area contributed by atoms with E-state index in [2.05, 4.69) is 10.1 Å². The maximum Gasteiger partial charge on any atom is 0.387 e. The molecule has 0 fully saturated rings. The molecule has 2 aromatic rings. The van der Waals surface area contributed by atoms with Gasteiger partial charge in [-0.1, -0.05) is 18.2 Å². The van der Waals surface area contributed by atoms with Crippen LogP contribution in [0.4, 0.5) is 14.5 Å². The number of aromatic hydroxyl groups is 1. The number of phenolic OH excluding ortho intramolecular Hbond substituents is 1. The first-order chi connectivity index (χ1) is 10.1. The summed E-state index contributed by atoms with van der Waals surface area (Å²) in [4.78, 5) is 0. The van der Waals surface area contributed by atoms with Gasteiger partial charge in [0.05, 0.1) is 12.8 Å². The first-order valence-electron chi connectivity index (χ1n) is 6.23. The van der Waals surface area contributed by atoms with Crippen LogP contribution in [0.3, 0.4) is 0 Å². The third-order valence-electron chi connectivity index (χ3n) is 2.83. The lowest BCUT2D eigenvalue weighted by atomic mass is 10.2. The van der Waals surface area contributed by atoms with Gasteiger partial charge in [0.15, 0.2) is 11.5 Å². The number of alkyl halides is 2. The molecule has 0 radical (unpaired) electrons. The third kappa shape index (κ3) is 3.98. The first-order valence-corrected chi connectivity index (χ1v) is 6.23. The van der Waals surface area contributed by atoms with E-state index in [4.69, 9.17) is 4.74 Å². The van der Waals surface area contributed by atoms with Crippen LogP contribution in [0.15, 0.2) is 42.5 Å². The van der Waals surface area contributed by atoms with Crippen molar-refractivity contribution in [3.63, 3.8) is 0 Å². The number of hydrogen-bond acceptors (Lipinski definition) is 4. The van der Waals surface area contributed by atoms with Gasteiger partial charge in [0.2, 0.25) is 0 Å². The molecule has 0 atom stereocenters. The zero-order chi connectivity index (χ0) is 15.2. The number of para-hydroxylation sites is 2. The third-order valence-corrected chi connectivity index (χ3v) is 2.83. The lowest BCUT2D eigenvalue weighted by Crippen LogP contribution is -2.06. The fraction of sp³-hybridized carbons (Fsp3) is 0.200. The fourth-order valence-electron chi connectivity index (χ4n) is 1.84. The SMILES string of the molecule is COc1cc(CNc2ccccc2OC(F)F)ccc1O. The highest BCUT2D eigenvalue weighted by molar-refractivity contribution is 5.56. The van der Waals surface area contributed by atoms with Gasteiger partial charge in [-0.3, -0.25) is 0 Å². The summed E-state index contributed by atoms with van der Waals surface area (Å²) in [5.41, 5.74) is 1.29. The normalized spacial score (nSPS) is 10.5. The molecule has 0 bridgehead atoms. The summed E-state index contributed by atoms with van der Waals surface area (Å²) >= 11 is 0. The Kier molecular flexibility index (Phi) is 4.81. The Labute approximate surface area is 120 Å². The van der Waals surface area contributed by atoms with E-state index in [1.807, 2.05) is 0 Å². The number of phenols is 1. The van der Waals surface area contributed by atoms with Crippen LogP contribution in [0.1, 0.15) is 5.56 Å². The molecular weight excluding hydrogens is 280 g/mol. The molecule has 112 valence electrons. The molecule has 0 saturated heterocycles. The molecular formula is C15H15F2NO3. The number of nitrogens with one attached hydrogen (secondary N) is 1. The molecule has 0 aliphatic heterocycles. The van der Waals surface area contributed by atoms with Gasteiger partial charge in [-0.15, -0.1) is 0 Å². The van der Waals surface area contributed by atoms with Crippen molar-refractivity contribution in [3.8, 4) is 17.2 Å². The molecule has 21 heavy (non-hydrogen) atoms. The molecule has 0 aliphatic rings. The minimum Gasteiger partial charge on any atom is -0.504 e. The number of benzene rings is 2. The molecule has 0 aliphatic carbocycles. The van der Waals surface area contributed by atoms with Gasteiger partial charge in [-0.25, -0.2) is 0 Å². The largest absolute Gasteiger partial charge is 0.504 e.